The number of nitrogen functional groups attached to an aromatic ring is 1. The zero-order valence-electron chi connectivity index (χ0n) is 20.4. The lowest BCUT2D eigenvalue weighted by Gasteiger charge is -2.18. The Morgan fingerprint density at radius 1 is 0.944 bits per heavy atom. The first-order chi connectivity index (χ1) is 17.3. The van der Waals surface area contributed by atoms with Crippen LogP contribution >= 0.6 is 0 Å². The third-order valence-corrected chi connectivity index (χ3v) is 7.35. The van der Waals surface area contributed by atoms with Crippen molar-refractivity contribution < 1.29 is 13.9 Å². The van der Waals surface area contributed by atoms with E-state index in [1.165, 1.54) is 6.07 Å². The summed E-state index contributed by atoms with van der Waals surface area (Å²) >= 11 is 0. The summed E-state index contributed by atoms with van der Waals surface area (Å²) in [6.07, 6.45) is -0.440. The molecule has 0 aliphatic carbocycles. The van der Waals surface area contributed by atoms with Gasteiger partial charge in [-0.3, -0.25) is 4.79 Å². The molecule has 0 radical (unpaired) electrons. The fourth-order valence-corrected chi connectivity index (χ4v) is 5.57. The van der Waals surface area contributed by atoms with Crippen LogP contribution in [0.15, 0.2) is 60.7 Å². The molecule has 2 bridgehead atoms. The number of aryl methyl sites for hydroxylation is 3. The van der Waals surface area contributed by atoms with Gasteiger partial charge < -0.3 is 15.8 Å². The van der Waals surface area contributed by atoms with E-state index in [4.69, 9.17) is 10.5 Å². The molecular formula is C30H26FN3O2. The smallest absolute Gasteiger partial charge is 0.251 e. The number of ether oxygens (including phenoxy) is 1. The Bertz CT molecular complexity index is 1520. The highest BCUT2D eigenvalue weighted by Gasteiger charge is 2.43. The number of benzene rings is 3. The molecule has 2 unspecified atom stereocenters. The highest BCUT2D eigenvalue weighted by Crippen LogP contribution is 2.55. The van der Waals surface area contributed by atoms with Crippen LogP contribution in [0, 0.1) is 26.6 Å². The Hall–Kier alpha value is -4.03. The van der Waals surface area contributed by atoms with Crippen molar-refractivity contribution in [3.05, 3.63) is 117 Å². The zero-order chi connectivity index (χ0) is 25.1. The first kappa shape index (κ1) is 22.4. The summed E-state index contributed by atoms with van der Waals surface area (Å²) in [6, 6.07) is 18.7. The second kappa shape index (κ2) is 8.28. The molecule has 6 heteroatoms. The van der Waals surface area contributed by atoms with Crippen molar-refractivity contribution in [2.45, 2.75) is 39.5 Å². The molecule has 36 heavy (non-hydrogen) atoms. The van der Waals surface area contributed by atoms with Gasteiger partial charge in [-0.1, -0.05) is 30.3 Å². The van der Waals surface area contributed by atoms with Crippen LogP contribution < -0.4 is 11.1 Å². The van der Waals surface area contributed by atoms with Crippen LogP contribution in [0.1, 0.15) is 67.2 Å². The van der Waals surface area contributed by atoms with Crippen molar-refractivity contribution in [3.63, 3.8) is 0 Å². The van der Waals surface area contributed by atoms with Gasteiger partial charge in [-0.25, -0.2) is 9.37 Å². The summed E-state index contributed by atoms with van der Waals surface area (Å²) in [4.78, 5) is 17.3. The molecule has 2 aliphatic rings. The lowest BCUT2D eigenvalue weighted by atomic mass is 9.83. The van der Waals surface area contributed by atoms with Gasteiger partial charge in [0.15, 0.2) is 0 Å². The van der Waals surface area contributed by atoms with Crippen LogP contribution in [0.3, 0.4) is 0 Å². The summed E-state index contributed by atoms with van der Waals surface area (Å²) in [5.74, 6) is 0.0784. The number of pyridine rings is 1. The summed E-state index contributed by atoms with van der Waals surface area (Å²) in [5, 5.41) is 3.01. The first-order valence-corrected chi connectivity index (χ1v) is 12.0. The Balaban J connectivity index is 1.28. The number of amides is 1. The first-order valence-electron chi connectivity index (χ1n) is 12.0. The minimum atomic E-state index is -0.273. The molecule has 0 fully saturated rings. The number of nitrogens with two attached hydrogens (primary N) is 1. The quantitative estimate of drug-likeness (QED) is 0.385. The molecule has 0 saturated heterocycles. The van der Waals surface area contributed by atoms with Crippen molar-refractivity contribution in [2.24, 2.45) is 0 Å². The normalized spacial score (nSPS) is 17.1. The highest BCUT2D eigenvalue weighted by molar-refractivity contribution is 5.94. The average molecular weight is 480 g/mol. The van der Waals surface area contributed by atoms with E-state index in [2.05, 4.69) is 10.3 Å². The topological polar surface area (TPSA) is 77.2 Å². The minimum absolute atomic E-state index is 0.160. The van der Waals surface area contributed by atoms with Gasteiger partial charge in [0.25, 0.3) is 5.91 Å². The number of fused-ring (bicyclic) bond motifs is 8. The van der Waals surface area contributed by atoms with Gasteiger partial charge in [0.1, 0.15) is 23.8 Å². The van der Waals surface area contributed by atoms with Crippen LogP contribution in [-0.4, -0.2) is 10.9 Å². The molecule has 0 spiro atoms. The number of hydrogen-bond donors (Lipinski definition) is 2. The summed E-state index contributed by atoms with van der Waals surface area (Å²) in [5.41, 5.74) is 15.7. The number of carbonyl (C=O) groups is 1. The molecule has 180 valence electrons. The number of hydrogen-bond acceptors (Lipinski definition) is 4. The number of rotatable bonds is 4. The molecule has 1 aromatic heterocycles. The van der Waals surface area contributed by atoms with Crippen LogP contribution in [0.25, 0.3) is 11.1 Å². The summed E-state index contributed by atoms with van der Waals surface area (Å²) in [7, 11) is 0. The van der Waals surface area contributed by atoms with Crippen molar-refractivity contribution >= 4 is 11.7 Å². The molecule has 2 aliphatic heterocycles. The molecule has 0 saturated carbocycles. The van der Waals surface area contributed by atoms with Gasteiger partial charge in [0, 0.05) is 23.4 Å². The van der Waals surface area contributed by atoms with Gasteiger partial charge in [0.05, 0.1) is 0 Å². The van der Waals surface area contributed by atoms with Crippen molar-refractivity contribution in [1.82, 2.24) is 10.3 Å². The third kappa shape index (κ3) is 3.48. The maximum atomic E-state index is 14.6. The molecule has 2 atom stereocenters. The predicted molar refractivity (Wildman–Crippen MR) is 137 cm³/mol. The van der Waals surface area contributed by atoms with Gasteiger partial charge >= 0.3 is 0 Å². The molecule has 4 aromatic rings. The summed E-state index contributed by atoms with van der Waals surface area (Å²) < 4.78 is 21.0. The van der Waals surface area contributed by atoms with E-state index in [1.807, 2.05) is 69.3 Å². The second-order valence-electron chi connectivity index (χ2n) is 9.63. The molecule has 3 N–H and O–H groups in total. The van der Waals surface area contributed by atoms with Gasteiger partial charge in [-0.15, -0.1) is 0 Å². The van der Waals surface area contributed by atoms with Crippen LogP contribution in [0.5, 0.6) is 0 Å². The van der Waals surface area contributed by atoms with Crippen molar-refractivity contribution in [1.29, 1.82) is 0 Å². The lowest BCUT2D eigenvalue weighted by Crippen LogP contribution is -2.24. The maximum absolute atomic E-state index is 14.6. The van der Waals surface area contributed by atoms with E-state index in [0.717, 1.165) is 50.2 Å². The monoisotopic (exact) mass is 479 g/mol. The molecular weight excluding hydrogens is 453 g/mol. The molecule has 6 rings (SSSR count). The predicted octanol–water partition coefficient (Wildman–Crippen LogP) is 5.85. The molecule has 5 nitrogen and oxygen atoms in total. The van der Waals surface area contributed by atoms with Gasteiger partial charge in [-0.2, -0.15) is 0 Å². The van der Waals surface area contributed by atoms with Crippen LogP contribution in [0.2, 0.25) is 0 Å². The van der Waals surface area contributed by atoms with Crippen LogP contribution in [0.4, 0.5) is 10.2 Å². The molecule has 3 heterocycles. The molecule has 3 aromatic carbocycles. The van der Waals surface area contributed by atoms with E-state index in [0.29, 0.717) is 23.5 Å². The minimum Gasteiger partial charge on any atom is -0.384 e. The fourth-order valence-electron chi connectivity index (χ4n) is 5.57. The Labute approximate surface area is 209 Å². The zero-order valence-corrected chi connectivity index (χ0v) is 20.4. The highest BCUT2D eigenvalue weighted by atomic mass is 19.1. The third-order valence-electron chi connectivity index (χ3n) is 7.35. The Kier molecular flexibility index (Phi) is 5.16. The lowest BCUT2D eigenvalue weighted by molar-refractivity contribution is 0.0857. The van der Waals surface area contributed by atoms with Gasteiger partial charge in [0.2, 0.25) is 0 Å². The van der Waals surface area contributed by atoms with E-state index >= 15 is 0 Å². The number of nitrogens with one attached hydrogen (secondary N) is 1. The number of halogens is 1. The van der Waals surface area contributed by atoms with E-state index in [9.17, 15) is 9.18 Å². The standard InChI is InChI=1S/C30H26FN3O2/c1-15-5-4-6-25(31)27(15)18-7-9-20-22(12-18)29-23-13-19(8-10-21(23)28(20)36-29)30(35)33-14-24-16(2)11-26(32)34-17(24)3/h4-13,28-29H,14H2,1-3H3,(H2,32,34)(H,33,35). The number of anilines is 1. The van der Waals surface area contributed by atoms with Crippen molar-refractivity contribution in [2.75, 3.05) is 5.73 Å². The fraction of sp³-hybridized carbons (Fsp3) is 0.200. The number of nitrogens with zero attached hydrogens (tertiary/aromatic N) is 1. The maximum Gasteiger partial charge on any atom is 0.251 e. The van der Waals surface area contributed by atoms with Gasteiger partial charge in [-0.05, 0) is 95.6 Å². The number of aromatic nitrogens is 1. The largest absolute Gasteiger partial charge is 0.384 e. The second-order valence-corrected chi connectivity index (χ2v) is 9.63. The summed E-state index contributed by atoms with van der Waals surface area (Å²) in [6.45, 7) is 6.14. The van der Waals surface area contributed by atoms with E-state index in [-0.39, 0.29) is 23.9 Å². The average Bonchev–Trinajstić information content (AvgIpc) is 3.40. The van der Waals surface area contributed by atoms with E-state index < -0.39 is 0 Å². The van der Waals surface area contributed by atoms with E-state index in [1.54, 1.807) is 6.07 Å². The number of carbonyl (C=O) groups excluding carboxylic acids is 1. The van der Waals surface area contributed by atoms with Crippen molar-refractivity contribution in [3.8, 4) is 11.1 Å². The molecule has 1 amide bonds. The Morgan fingerprint density at radius 2 is 1.67 bits per heavy atom. The Morgan fingerprint density at radius 3 is 2.42 bits per heavy atom. The SMILES string of the molecule is Cc1cc(N)nc(C)c1CNC(=O)c1ccc2c(c1)C1OC2c2ccc(-c3c(C)cccc3F)cc21. The van der Waals surface area contributed by atoms with Crippen LogP contribution in [-0.2, 0) is 11.3 Å².